The SMILES string of the molecule is C(=C\c1ccccc1)/CN1CCN(C(c2ccccc2)c2ccccc2)CC1.Cc1ccc(O)c([C@H](CCN(C(C)C)C(C)C)c2ccccc2)c1.O=C(O)C(O)C(O)C(=O)O. The molecule has 0 aromatic heterocycles. The van der Waals surface area contributed by atoms with Crippen molar-refractivity contribution in [3.05, 3.63) is 179 Å². The zero-order chi connectivity index (χ0) is 45.0. The van der Waals surface area contributed by atoms with Gasteiger partial charge in [0, 0.05) is 56.3 Å². The van der Waals surface area contributed by atoms with Gasteiger partial charge in [0.05, 0.1) is 6.04 Å². The molecule has 62 heavy (non-hydrogen) atoms. The van der Waals surface area contributed by atoms with Crippen LogP contribution < -0.4 is 0 Å². The van der Waals surface area contributed by atoms with Gasteiger partial charge >= 0.3 is 11.9 Å². The number of phenols is 1. The summed E-state index contributed by atoms with van der Waals surface area (Å²) in [7, 11) is 0. The van der Waals surface area contributed by atoms with Gasteiger partial charge in [0.2, 0.25) is 0 Å². The van der Waals surface area contributed by atoms with Crippen molar-refractivity contribution in [2.75, 3.05) is 39.3 Å². The Hall–Kier alpha value is -5.62. The average Bonchev–Trinajstić information content (AvgIpc) is 3.28. The molecule has 1 fully saturated rings. The first-order chi connectivity index (χ1) is 29.8. The van der Waals surface area contributed by atoms with Crippen LogP contribution in [0.3, 0.4) is 0 Å². The maximum Gasteiger partial charge on any atom is 0.335 e. The Morgan fingerprint density at radius 3 is 1.55 bits per heavy atom. The van der Waals surface area contributed by atoms with E-state index in [1.807, 2.05) is 18.2 Å². The fraction of sp³-hybridized carbons (Fsp3) is 0.346. The smallest absolute Gasteiger partial charge is 0.335 e. The van der Waals surface area contributed by atoms with Gasteiger partial charge in [-0.25, -0.2) is 9.59 Å². The Morgan fingerprint density at radius 1 is 0.645 bits per heavy atom. The lowest BCUT2D eigenvalue weighted by Crippen LogP contribution is -2.47. The summed E-state index contributed by atoms with van der Waals surface area (Å²) < 4.78 is 0. The number of piperazine rings is 1. The van der Waals surface area contributed by atoms with Crippen LogP contribution in [0.25, 0.3) is 6.08 Å². The Morgan fingerprint density at radius 2 is 1.10 bits per heavy atom. The monoisotopic (exact) mass is 843 g/mol. The summed E-state index contributed by atoms with van der Waals surface area (Å²) in [6.07, 6.45) is 0.979. The van der Waals surface area contributed by atoms with Crippen LogP contribution in [0.15, 0.2) is 146 Å². The molecule has 2 unspecified atom stereocenters. The molecule has 3 atom stereocenters. The standard InChI is InChI=1S/C26H28N2.C22H31NO.C4H6O6/c1-4-11-23(12-5-1)13-10-18-27-19-21-28(22-20-27)26(24-14-6-2-7-15-24)25-16-8-3-9-17-25;1-16(2)23(17(3)4)14-13-20(19-9-7-6-8-10-19)21-15-18(5)11-12-22(21)24;5-1(3(7)8)2(6)4(9)10/h1-17,26H,18-22H2;6-12,15-17,20,24H,13-14H2,1-5H3;1-2,5-6H,(H,7,8)(H,9,10)/b13-10+;;/t;20-;/m.1./s1. The second-order valence-electron chi connectivity index (χ2n) is 16.2. The highest BCUT2D eigenvalue weighted by molar-refractivity contribution is 5.83. The summed E-state index contributed by atoms with van der Waals surface area (Å²) in [6.45, 7) is 17.5. The lowest BCUT2D eigenvalue weighted by atomic mass is 9.87. The number of carboxylic acid groups (broad SMARTS) is 2. The number of benzene rings is 5. The van der Waals surface area contributed by atoms with E-state index < -0.39 is 24.1 Å². The van der Waals surface area contributed by atoms with Gasteiger partial charge in [-0.1, -0.05) is 151 Å². The van der Waals surface area contributed by atoms with Crippen molar-refractivity contribution >= 4 is 18.0 Å². The Labute approximate surface area is 368 Å². The third kappa shape index (κ3) is 15.4. The highest BCUT2D eigenvalue weighted by Gasteiger charge is 2.29. The zero-order valence-electron chi connectivity index (χ0n) is 36.7. The molecule has 6 rings (SSSR count). The number of aliphatic hydroxyl groups excluding tert-OH is 2. The number of aromatic hydroxyl groups is 1. The number of hydrogen-bond acceptors (Lipinski definition) is 8. The normalized spacial score (nSPS) is 14.8. The highest BCUT2D eigenvalue weighted by atomic mass is 16.4. The minimum absolute atomic E-state index is 0.214. The van der Waals surface area contributed by atoms with Gasteiger partial charge in [0.1, 0.15) is 5.75 Å². The van der Waals surface area contributed by atoms with E-state index in [0.717, 1.165) is 51.3 Å². The van der Waals surface area contributed by atoms with E-state index in [2.05, 4.69) is 183 Å². The van der Waals surface area contributed by atoms with Crippen LogP contribution >= 0.6 is 0 Å². The van der Waals surface area contributed by atoms with E-state index in [0.29, 0.717) is 23.9 Å². The van der Waals surface area contributed by atoms with Crippen molar-refractivity contribution < 1.29 is 35.1 Å². The number of phenolic OH excluding ortho intramolecular Hbond substituents is 1. The van der Waals surface area contributed by atoms with Crippen LogP contribution in [0.5, 0.6) is 5.75 Å². The molecular formula is C52H65N3O7. The van der Waals surface area contributed by atoms with E-state index in [-0.39, 0.29) is 5.92 Å². The molecule has 1 heterocycles. The van der Waals surface area contributed by atoms with Crippen LogP contribution in [0.1, 0.15) is 79.5 Å². The summed E-state index contributed by atoms with van der Waals surface area (Å²) in [5, 5.41) is 43.0. The fourth-order valence-electron chi connectivity index (χ4n) is 7.79. The molecule has 5 N–H and O–H groups in total. The zero-order valence-corrected chi connectivity index (χ0v) is 36.7. The first kappa shape index (κ1) is 49.0. The molecule has 330 valence electrons. The Kier molecular flexibility index (Phi) is 20.0. The van der Waals surface area contributed by atoms with Crippen molar-refractivity contribution in [2.24, 2.45) is 0 Å². The molecule has 0 radical (unpaired) electrons. The quantitative estimate of drug-likeness (QED) is 0.0658. The molecule has 1 aliphatic heterocycles. The van der Waals surface area contributed by atoms with Crippen LogP contribution in [0.4, 0.5) is 0 Å². The van der Waals surface area contributed by atoms with Crippen LogP contribution in [0.2, 0.25) is 0 Å². The lowest BCUT2D eigenvalue weighted by molar-refractivity contribution is -0.165. The molecule has 1 aliphatic rings. The second-order valence-corrected chi connectivity index (χ2v) is 16.2. The van der Waals surface area contributed by atoms with E-state index >= 15 is 0 Å². The maximum atomic E-state index is 10.4. The number of rotatable bonds is 16. The summed E-state index contributed by atoms with van der Waals surface area (Å²) >= 11 is 0. The van der Waals surface area contributed by atoms with Crippen LogP contribution in [-0.4, -0.2) is 116 Å². The predicted molar refractivity (Wildman–Crippen MR) is 248 cm³/mol. The number of aliphatic hydroxyl groups is 2. The first-order valence-electron chi connectivity index (χ1n) is 21.5. The minimum atomic E-state index is -2.27. The average molecular weight is 844 g/mol. The van der Waals surface area contributed by atoms with Crippen LogP contribution in [-0.2, 0) is 9.59 Å². The van der Waals surface area contributed by atoms with Gasteiger partial charge in [0.15, 0.2) is 12.2 Å². The van der Waals surface area contributed by atoms with Crippen LogP contribution in [0, 0.1) is 6.92 Å². The third-order valence-corrected chi connectivity index (χ3v) is 11.0. The molecule has 0 spiro atoms. The van der Waals surface area contributed by atoms with Gasteiger partial charge in [-0.05, 0) is 75.9 Å². The molecule has 0 amide bonds. The van der Waals surface area contributed by atoms with Gasteiger partial charge in [-0.15, -0.1) is 0 Å². The topological polar surface area (TPSA) is 145 Å². The summed E-state index contributed by atoms with van der Waals surface area (Å²) in [5.74, 6) is -2.93. The van der Waals surface area contributed by atoms with Crippen molar-refractivity contribution in [1.29, 1.82) is 0 Å². The second kappa shape index (κ2) is 25.3. The first-order valence-corrected chi connectivity index (χ1v) is 21.5. The van der Waals surface area contributed by atoms with E-state index in [1.54, 1.807) is 0 Å². The number of carbonyl (C=O) groups is 2. The van der Waals surface area contributed by atoms with Crippen molar-refractivity contribution in [2.45, 2.75) is 77.3 Å². The molecule has 0 aliphatic carbocycles. The molecule has 0 bridgehead atoms. The molecular weight excluding hydrogens is 779 g/mol. The minimum Gasteiger partial charge on any atom is -0.508 e. The summed E-state index contributed by atoms with van der Waals surface area (Å²) in [5.41, 5.74) is 7.53. The number of aliphatic carboxylic acids is 2. The number of aryl methyl sites for hydroxylation is 1. The molecule has 5 aromatic rings. The third-order valence-electron chi connectivity index (χ3n) is 11.0. The van der Waals surface area contributed by atoms with E-state index in [9.17, 15) is 14.7 Å². The number of nitrogens with zero attached hydrogens (tertiary/aromatic N) is 3. The predicted octanol–water partition coefficient (Wildman–Crippen LogP) is 8.33. The molecule has 10 nitrogen and oxygen atoms in total. The lowest BCUT2D eigenvalue weighted by Gasteiger charge is -2.39. The Balaban J connectivity index is 0.000000227. The molecule has 5 aromatic carbocycles. The van der Waals surface area contributed by atoms with Gasteiger partial charge in [0.25, 0.3) is 0 Å². The Bertz CT molecular complexity index is 2010. The van der Waals surface area contributed by atoms with E-state index in [4.69, 9.17) is 20.4 Å². The fourth-order valence-corrected chi connectivity index (χ4v) is 7.79. The molecule has 0 saturated carbocycles. The molecule has 10 heteroatoms. The molecule has 1 saturated heterocycles. The largest absolute Gasteiger partial charge is 0.508 e. The van der Waals surface area contributed by atoms with Crippen molar-refractivity contribution in [3.63, 3.8) is 0 Å². The van der Waals surface area contributed by atoms with Gasteiger partial charge in [-0.3, -0.25) is 14.7 Å². The van der Waals surface area contributed by atoms with E-state index in [1.165, 1.54) is 27.8 Å². The van der Waals surface area contributed by atoms with Crippen molar-refractivity contribution in [3.8, 4) is 5.75 Å². The number of hydrogen-bond donors (Lipinski definition) is 5. The van der Waals surface area contributed by atoms with Gasteiger partial charge in [-0.2, -0.15) is 0 Å². The maximum absolute atomic E-state index is 10.4. The highest BCUT2D eigenvalue weighted by Crippen LogP contribution is 2.35. The number of carboxylic acids is 2. The summed E-state index contributed by atoms with van der Waals surface area (Å²) in [6, 6.07) is 50.2. The van der Waals surface area contributed by atoms with Crippen molar-refractivity contribution in [1.82, 2.24) is 14.7 Å². The summed E-state index contributed by atoms with van der Waals surface area (Å²) in [4.78, 5) is 27.2. The van der Waals surface area contributed by atoms with Gasteiger partial charge < -0.3 is 25.5 Å².